The summed E-state index contributed by atoms with van der Waals surface area (Å²) in [4.78, 5) is 40.8. The van der Waals surface area contributed by atoms with Gasteiger partial charge in [0, 0.05) is 38.4 Å². The molecule has 1 aromatic heterocycles. The maximum atomic E-state index is 13.3. The van der Waals surface area contributed by atoms with E-state index < -0.39 is 21.3 Å². The summed E-state index contributed by atoms with van der Waals surface area (Å²) in [5.41, 5.74) is -0.0402. The minimum atomic E-state index is -3.65. The number of carbonyl (C=O) groups is 2. The number of sulfone groups is 1. The molecular formula is C36H49Cl3N4O5S. The van der Waals surface area contributed by atoms with Crippen molar-refractivity contribution in [1.82, 2.24) is 14.3 Å². The number of anilines is 2. The van der Waals surface area contributed by atoms with E-state index in [2.05, 4.69) is 12.2 Å². The first kappa shape index (κ1) is 40.6. The first-order valence-corrected chi connectivity index (χ1v) is 20.2. The Hall–Kier alpha value is -2.79. The lowest BCUT2D eigenvalue weighted by molar-refractivity contribution is 0.0792. The molecule has 0 fully saturated rings. The van der Waals surface area contributed by atoms with Crippen LogP contribution in [0.1, 0.15) is 119 Å². The van der Waals surface area contributed by atoms with Crippen LogP contribution in [-0.4, -0.2) is 54.3 Å². The molecule has 0 bridgehead atoms. The Labute approximate surface area is 305 Å². The van der Waals surface area contributed by atoms with Crippen LogP contribution < -0.4 is 10.9 Å². The number of rotatable bonds is 20. The zero-order valence-electron chi connectivity index (χ0n) is 29.0. The summed E-state index contributed by atoms with van der Waals surface area (Å²) in [6.45, 7) is 4.11. The lowest BCUT2D eigenvalue weighted by Crippen LogP contribution is -2.27. The second-order valence-electron chi connectivity index (χ2n) is 12.7. The molecule has 1 amide bonds. The van der Waals surface area contributed by atoms with Crippen LogP contribution in [0.15, 0.2) is 46.1 Å². The highest BCUT2D eigenvalue weighted by atomic mass is 35.5. The Bertz CT molecular complexity index is 1730. The fourth-order valence-corrected chi connectivity index (χ4v) is 7.38. The summed E-state index contributed by atoms with van der Waals surface area (Å²) in [7, 11) is -1.88. The summed E-state index contributed by atoms with van der Waals surface area (Å²) in [6.07, 6.45) is 18.7. The van der Waals surface area contributed by atoms with Crippen molar-refractivity contribution < 1.29 is 18.0 Å². The predicted octanol–water partition coefficient (Wildman–Crippen LogP) is 9.96. The van der Waals surface area contributed by atoms with Gasteiger partial charge >= 0.3 is 0 Å². The predicted molar refractivity (Wildman–Crippen MR) is 201 cm³/mol. The lowest BCUT2D eigenvalue weighted by Gasteiger charge is -2.19. The highest BCUT2D eigenvalue weighted by Gasteiger charge is 2.23. The van der Waals surface area contributed by atoms with E-state index in [4.69, 9.17) is 34.8 Å². The number of amides is 1. The second kappa shape index (κ2) is 19.6. The molecule has 0 aliphatic heterocycles. The van der Waals surface area contributed by atoms with Gasteiger partial charge in [-0.1, -0.05) is 125 Å². The number of carbonyl (C=O) groups excluding carboxylic acids is 2. The number of hydrogen-bond acceptors (Lipinski definition) is 6. The van der Waals surface area contributed by atoms with Crippen LogP contribution >= 0.6 is 34.8 Å². The molecule has 0 radical (unpaired) electrons. The smallest absolute Gasteiger partial charge is 0.274 e. The summed E-state index contributed by atoms with van der Waals surface area (Å²) in [5, 5.41) is 2.97. The first-order valence-electron chi connectivity index (χ1n) is 17.1. The van der Waals surface area contributed by atoms with Crippen LogP contribution in [0.3, 0.4) is 0 Å². The molecule has 0 atom stereocenters. The monoisotopic (exact) mass is 754 g/mol. The zero-order valence-corrected chi connectivity index (χ0v) is 32.1. The summed E-state index contributed by atoms with van der Waals surface area (Å²) >= 11 is 19.3. The maximum absolute atomic E-state index is 13.3. The quantitative estimate of drug-likeness (QED) is 0.115. The molecule has 0 saturated heterocycles. The van der Waals surface area contributed by atoms with Crippen LogP contribution in [-0.2, 0) is 9.84 Å². The fraction of sp³-hybridized carbons (Fsp3) is 0.528. The third-order valence-corrected chi connectivity index (χ3v) is 10.5. The number of hydrogen-bond donors (Lipinski definition) is 1. The number of unbranched alkanes of at least 4 members (excludes halogenated alkanes) is 13. The number of nitrogens with one attached hydrogen (secondary N) is 1. The second-order valence-corrected chi connectivity index (χ2v) is 15.9. The molecule has 0 unspecified atom stereocenters. The molecule has 0 aliphatic carbocycles. The number of nitrogens with zero attached hydrogens (tertiary/aromatic N) is 3. The van der Waals surface area contributed by atoms with Gasteiger partial charge in [0.1, 0.15) is 11.5 Å². The largest absolute Gasteiger partial charge is 0.342 e. The molecule has 0 saturated carbocycles. The van der Waals surface area contributed by atoms with Gasteiger partial charge in [0.25, 0.3) is 11.5 Å². The normalized spacial score (nSPS) is 11.6. The minimum absolute atomic E-state index is 0.0408. The number of aromatic nitrogens is 2. The Morgan fingerprint density at radius 3 is 1.78 bits per heavy atom. The highest BCUT2D eigenvalue weighted by Crippen LogP contribution is 2.33. The van der Waals surface area contributed by atoms with Crippen LogP contribution in [0.25, 0.3) is 5.69 Å². The third kappa shape index (κ3) is 11.9. The Morgan fingerprint density at radius 2 is 1.29 bits per heavy atom. The molecule has 0 spiro atoms. The van der Waals surface area contributed by atoms with Gasteiger partial charge in [0.15, 0.2) is 9.84 Å². The van der Waals surface area contributed by atoms with E-state index in [0.29, 0.717) is 17.8 Å². The SMILES string of the molecule is CCCCCCCCCCCCCCCCN(C)C(=O)c1ccc(Cl)c(Nc2cc(=O)n(-c3c(Cl)cc(S(C)(=O)=O)cc3Cl)n2C(C)=O)c1. The molecule has 49 heavy (non-hydrogen) atoms. The van der Waals surface area contributed by atoms with Gasteiger partial charge in [-0.15, -0.1) is 0 Å². The van der Waals surface area contributed by atoms with E-state index in [1.165, 1.54) is 77.6 Å². The van der Waals surface area contributed by atoms with Crippen molar-refractivity contribution in [2.24, 2.45) is 0 Å². The van der Waals surface area contributed by atoms with Gasteiger partial charge in [-0.2, -0.15) is 4.68 Å². The van der Waals surface area contributed by atoms with E-state index >= 15 is 0 Å². The van der Waals surface area contributed by atoms with E-state index in [0.717, 1.165) is 53.1 Å². The van der Waals surface area contributed by atoms with E-state index in [9.17, 15) is 22.8 Å². The fourth-order valence-electron chi connectivity index (χ4n) is 5.77. The molecule has 13 heteroatoms. The van der Waals surface area contributed by atoms with Crippen LogP contribution in [0.2, 0.25) is 15.1 Å². The van der Waals surface area contributed by atoms with Gasteiger partial charge in [0.2, 0.25) is 5.91 Å². The molecule has 3 rings (SSSR count). The van der Waals surface area contributed by atoms with E-state index in [-0.39, 0.29) is 37.4 Å². The maximum Gasteiger partial charge on any atom is 0.274 e. The molecule has 2 aromatic carbocycles. The van der Waals surface area contributed by atoms with Gasteiger partial charge in [0.05, 0.1) is 25.7 Å². The van der Waals surface area contributed by atoms with Crippen LogP contribution in [0.5, 0.6) is 0 Å². The van der Waals surface area contributed by atoms with Gasteiger partial charge in [-0.25, -0.2) is 13.1 Å². The van der Waals surface area contributed by atoms with E-state index in [1.807, 2.05) is 0 Å². The van der Waals surface area contributed by atoms with Crippen LogP contribution in [0, 0.1) is 0 Å². The van der Waals surface area contributed by atoms with Gasteiger partial charge < -0.3 is 10.2 Å². The van der Waals surface area contributed by atoms with Crippen molar-refractivity contribution >= 4 is 68.0 Å². The van der Waals surface area contributed by atoms with Crippen molar-refractivity contribution in [3.05, 3.63) is 67.4 Å². The van der Waals surface area contributed by atoms with Crippen molar-refractivity contribution in [3.63, 3.8) is 0 Å². The summed E-state index contributed by atoms with van der Waals surface area (Å²) in [5.74, 6) is -0.709. The standard InChI is InChI=1S/C36H49Cl3N4O5S/c1-5-6-7-8-9-10-11-12-13-14-15-16-17-18-21-41(3)36(46)27-19-20-29(37)32(22-27)40-33-25-34(45)43(42(33)26(2)44)35-30(38)23-28(24-31(35)39)49(4,47)48/h19-20,22-25,40H,5-18,21H2,1-4H3. The van der Waals surface area contributed by atoms with E-state index in [1.54, 1.807) is 30.1 Å². The molecular weight excluding hydrogens is 707 g/mol. The topological polar surface area (TPSA) is 110 Å². The van der Waals surface area contributed by atoms with Crippen molar-refractivity contribution in [2.45, 2.75) is 109 Å². The van der Waals surface area contributed by atoms with Crippen molar-refractivity contribution in [1.29, 1.82) is 0 Å². The highest BCUT2D eigenvalue weighted by molar-refractivity contribution is 7.90. The van der Waals surface area contributed by atoms with Gasteiger partial charge in [-0.05, 0) is 36.8 Å². The molecule has 0 aliphatic rings. The Kier molecular flexibility index (Phi) is 16.2. The molecule has 1 heterocycles. The first-order chi connectivity index (χ1) is 23.3. The Morgan fingerprint density at radius 1 is 0.776 bits per heavy atom. The van der Waals surface area contributed by atoms with Crippen molar-refractivity contribution in [3.8, 4) is 5.69 Å². The lowest BCUT2D eigenvalue weighted by atomic mass is 10.0. The third-order valence-electron chi connectivity index (χ3n) is 8.50. The summed E-state index contributed by atoms with van der Waals surface area (Å²) in [6, 6.07) is 8.25. The molecule has 3 aromatic rings. The zero-order chi connectivity index (χ0) is 36.1. The molecule has 9 nitrogen and oxygen atoms in total. The molecule has 1 N–H and O–H groups in total. The number of benzene rings is 2. The summed E-state index contributed by atoms with van der Waals surface area (Å²) < 4.78 is 26.1. The number of halogens is 3. The van der Waals surface area contributed by atoms with Gasteiger partial charge in [-0.3, -0.25) is 14.4 Å². The Balaban J connectivity index is 1.60. The minimum Gasteiger partial charge on any atom is -0.342 e. The molecule has 270 valence electrons. The van der Waals surface area contributed by atoms with Crippen LogP contribution in [0.4, 0.5) is 11.5 Å². The average molecular weight is 756 g/mol. The van der Waals surface area contributed by atoms with Crippen molar-refractivity contribution in [2.75, 3.05) is 25.2 Å². The average Bonchev–Trinajstić information content (AvgIpc) is 3.35.